The van der Waals surface area contributed by atoms with E-state index in [4.69, 9.17) is 21.3 Å². The molecule has 0 aliphatic carbocycles. The highest BCUT2D eigenvalue weighted by Gasteiger charge is 2.48. The van der Waals surface area contributed by atoms with Crippen LogP contribution in [0.25, 0.3) is 22.6 Å². The lowest BCUT2D eigenvalue weighted by molar-refractivity contribution is -0.188. The van der Waals surface area contributed by atoms with E-state index in [0.717, 1.165) is 48.8 Å². The average Bonchev–Trinajstić information content (AvgIpc) is 3.15. The molecule has 178 valence electrons. The Hall–Kier alpha value is -2.47. The van der Waals surface area contributed by atoms with Crippen molar-refractivity contribution < 1.29 is 9.53 Å². The van der Waals surface area contributed by atoms with E-state index in [2.05, 4.69) is 43.0 Å². The second kappa shape index (κ2) is 9.65. The molecule has 2 fully saturated rings. The van der Waals surface area contributed by atoms with Crippen molar-refractivity contribution in [1.29, 1.82) is 0 Å². The molecule has 6 heteroatoms. The maximum atomic E-state index is 12.6. The van der Waals surface area contributed by atoms with E-state index in [1.165, 1.54) is 18.7 Å². The third kappa shape index (κ3) is 5.12. The van der Waals surface area contributed by atoms with E-state index >= 15 is 0 Å². The van der Waals surface area contributed by atoms with E-state index in [1.807, 2.05) is 35.0 Å². The zero-order valence-corrected chi connectivity index (χ0v) is 20.7. The number of nitrogens with zero attached hydrogens (tertiary/aromatic N) is 3. The predicted molar refractivity (Wildman–Crippen MR) is 136 cm³/mol. The maximum absolute atomic E-state index is 12.6. The molecule has 0 amide bonds. The van der Waals surface area contributed by atoms with Crippen molar-refractivity contribution in [2.24, 2.45) is 11.3 Å². The largest absolute Gasteiger partial charge is 0.380 e. The lowest BCUT2D eigenvalue weighted by atomic mass is 9.78. The molecule has 2 saturated heterocycles. The Labute approximate surface area is 206 Å². The van der Waals surface area contributed by atoms with Crippen LogP contribution in [0.5, 0.6) is 0 Å². The van der Waals surface area contributed by atoms with Crippen molar-refractivity contribution in [3.63, 3.8) is 0 Å². The van der Waals surface area contributed by atoms with Crippen molar-refractivity contribution in [3.8, 4) is 22.6 Å². The Kier molecular flexibility index (Phi) is 6.61. The van der Waals surface area contributed by atoms with Crippen molar-refractivity contribution in [1.82, 2.24) is 14.5 Å². The van der Waals surface area contributed by atoms with Gasteiger partial charge in [0.15, 0.2) is 5.78 Å². The lowest BCUT2D eigenvalue weighted by Gasteiger charge is -2.55. The first-order valence-corrected chi connectivity index (χ1v) is 12.5. The van der Waals surface area contributed by atoms with Crippen LogP contribution in [0.4, 0.5) is 0 Å². The van der Waals surface area contributed by atoms with Crippen LogP contribution in [-0.4, -0.2) is 53.1 Å². The predicted octanol–water partition coefficient (Wildman–Crippen LogP) is 5.36. The highest BCUT2D eigenvalue weighted by molar-refractivity contribution is 6.30. The minimum Gasteiger partial charge on any atom is -0.380 e. The van der Waals surface area contributed by atoms with Gasteiger partial charge in [-0.3, -0.25) is 4.79 Å². The van der Waals surface area contributed by atoms with Gasteiger partial charge in [-0.25, -0.2) is 4.98 Å². The first-order chi connectivity index (χ1) is 16.4. The van der Waals surface area contributed by atoms with Gasteiger partial charge in [0.25, 0.3) is 0 Å². The molecule has 2 aliphatic rings. The summed E-state index contributed by atoms with van der Waals surface area (Å²) in [4.78, 5) is 20.0. The fraction of sp³-hybridized carbons (Fsp3) is 0.429. The highest BCUT2D eigenvalue weighted by atomic mass is 35.5. The Bertz CT molecular complexity index is 1160. The normalized spacial score (nSPS) is 17.1. The van der Waals surface area contributed by atoms with Gasteiger partial charge in [0.05, 0.1) is 25.5 Å². The van der Waals surface area contributed by atoms with E-state index in [-0.39, 0.29) is 5.78 Å². The van der Waals surface area contributed by atoms with Crippen LogP contribution >= 0.6 is 11.6 Å². The maximum Gasteiger partial charge on any atom is 0.152 e. The molecule has 3 aromatic rings. The molecule has 3 heterocycles. The highest BCUT2D eigenvalue weighted by Crippen LogP contribution is 2.37. The summed E-state index contributed by atoms with van der Waals surface area (Å²) in [5.41, 5.74) is 4.64. The summed E-state index contributed by atoms with van der Waals surface area (Å²) >= 11 is 6.24. The number of carbonyl (C=O) groups excluding carboxylic acids is 1. The third-order valence-corrected chi connectivity index (χ3v) is 6.98. The van der Waals surface area contributed by atoms with Crippen molar-refractivity contribution in [3.05, 3.63) is 65.3 Å². The molecule has 0 radical (unpaired) electrons. The number of hydrogen-bond donors (Lipinski definition) is 0. The van der Waals surface area contributed by atoms with Crippen LogP contribution in [0.15, 0.2) is 54.7 Å². The standard InChI is InChI=1S/C28H32ClN3O2/c1-20(2)12-25(33)14-32-15-26(30-27(32)23-4-3-5-24(29)13-23)22-8-6-21(7-9-22)10-11-31-16-28(17-31)18-34-19-28/h3-9,13,15,20H,10-12,14,16-19H2,1-2H3. The van der Waals surface area contributed by atoms with Crippen molar-refractivity contribution in [2.45, 2.75) is 33.2 Å². The van der Waals surface area contributed by atoms with Gasteiger partial charge < -0.3 is 14.2 Å². The molecule has 2 aromatic carbocycles. The Morgan fingerprint density at radius 2 is 1.88 bits per heavy atom. The minimum absolute atomic E-state index is 0.207. The topological polar surface area (TPSA) is 47.4 Å². The molecule has 5 nitrogen and oxygen atoms in total. The second-order valence-electron chi connectivity index (χ2n) is 10.4. The number of ether oxygens (including phenoxy) is 1. The summed E-state index contributed by atoms with van der Waals surface area (Å²) in [7, 11) is 0. The number of rotatable bonds is 9. The molecule has 34 heavy (non-hydrogen) atoms. The van der Waals surface area contributed by atoms with E-state index in [0.29, 0.717) is 29.3 Å². The van der Waals surface area contributed by atoms with Crippen LogP contribution in [-0.2, 0) is 22.5 Å². The SMILES string of the molecule is CC(C)CC(=O)Cn1cc(-c2ccc(CCN3CC4(COC4)C3)cc2)nc1-c1cccc(Cl)c1. The summed E-state index contributed by atoms with van der Waals surface area (Å²) in [6.07, 6.45) is 3.59. The number of likely N-dealkylation sites (tertiary alicyclic amines) is 1. The second-order valence-corrected chi connectivity index (χ2v) is 10.8. The summed E-state index contributed by atoms with van der Waals surface area (Å²) in [5.74, 6) is 1.31. The molecule has 1 spiro atoms. The van der Waals surface area contributed by atoms with Gasteiger partial charge in [-0.15, -0.1) is 0 Å². The zero-order chi connectivity index (χ0) is 23.7. The van der Waals surface area contributed by atoms with Gasteiger partial charge in [-0.05, 0) is 30.0 Å². The van der Waals surface area contributed by atoms with Crippen LogP contribution in [0.3, 0.4) is 0 Å². The van der Waals surface area contributed by atoms with Gasteiger partial charge in [-0.2, -0.15) is 0 Å². The molecule has 0 unspecified atom stereocenters. The average molecular weight is 478 g/mol. The summed E-state index contributed by atoms with van der Waals surface area (Å²) in [6, 6.07) is 16.3. The zero-order valence-electron chi connectivity index (χ0n) is 20.0. The molecular weight excluding hydrogens is 446 g/mol. The lowest BCUT2D eigenvalue weighted by Crippen LogP contribution is -2.66. The van der Waals surface area contributed by atoms with Gasteiger partial charge in [0.2, 0.25) is 0 Å². The van der Waals surface area contributed by atoms with E-state index in [1.54, 1.807) is 0 Å². The van der Waals surface area contributed by atoms with Crippen LogP contribution in [0.2, 0.25) is 5.02 Å². The van der Waals surface area contributed by atoms with Gasteiger partial charge in [-0.1, -0.05) is 61.8 Å². The monoisotopic (exact) mass is 477 g/mol. The minimum atomic E-state index is 0.207. The number of imidazole rings is 1. The smallest absolute Gasteiger partial charge is 0.152 e. The van der Waals surface area contributed by atoms with Gasteiger partial charge >= 0.3 is 0 Å². The van der Waals surface area contributed by atoms with E-state index < -0.39 is 0 Å². The Morgan fingerprint density at radius 3 is 2.53 bits per heavy atom. The first-order valence-electron chi connectivity index (χ1n) is 12.1. The molecule has 5 rings (SSSR count). The first kappa shape index (κ1) is 23.3. The molecular formula is C28H32ClN3O2. The number of carbonyl (C=O) groups is 1. The van der Waals surface area contributed by atoms with Gasteiger partial charge in [0, 0.05) is 53.8 Å². The molecule has 0 bridgehead atoms. The number of Topliss-reactive ketones (excluding diaryl/α,β-unsaturated/α-hetero) is 1. The quantitative estimate of drug-likeness (QED) is 0.416. The molecule has 1 aromatic heterocycles. The number of hydrogen-bond acceptors (Lipinski definition) is 4. The van der Waals surface area contributed by atoms with E-state index in [9.17, 15) is 4.79 Å². The molecule has 0 N–H and O–H groups in total. The Morgan fingerprint density at radius 1 is 1.12 bits per heavy atom. The van der Waals surface area contributed by atoms with Crippen LogP contribution < -0.4 is 0 Å². The number of ketones is 1. The number of aromatic nitrogens is 2. The fourth-order valence-corrected chi connectivity index (χ4v) is 5.20. The Balaban J connectivity index is 1.31. The molecule has 0 atom stereocenters. The summed E-state index contributed by atoms with van der Waals surface area (Å²) in [5, 5.41) is 0.657. The van der Waals surface area contributed by atoms with Crippen molar-refractivity contribution >= 4 is 17.4 Å². The van der Waals surface area contributed by atoms with Crippen LogP contribution in [0, 0.1) is 11.3 Å². The number of halogens is 1. The van der Waals surface area contributed by atoms with Gasteiger partial charge in [0.1, 0.15) is 5.82 Å². The fourth-order valence-electron chi connectivity index (χ4n) is 5.01. The number of benzene rings is 2. The summed E-state index contributed by atoms with van der Waals surface area (Å²) < 4.78 is 7.33. The van der Waals surface area contributed by atoms with Crippen LogP contribution in [0.1, 0.15) is 25.8 Å². The molecule has 0 saturated carbocycles. The molecule has 2 aliphatic heterocycles. The summed E-state index contributed by atoms with van der Waals surface area (Å²) in [6.45, 7) is 9.75. The van der Waals surface area contributed by atoms with Crippen molar-refractivity contribution in [2.75, 3.05) is 32.8 Å². The third-order valence-electron chi connectivity index (χ3n) is 6.74.